The summed E-state index contributed by atoms with van der Waals surface area (Å²) in [5, 5.41) is 3.25. The molecule has 31 heavy (non-hydrogen) atoms. The molecule has 158 valence electrons. The van der Waals surface area contributed by atoms with E-state index in [1.54, 1.807) is 11.8 Å². The van der Waals surface area contributed by atoms with Crippen molar-refractivity contribution in [3.63, 3.8) is 0 Å². The number of rotatable bonds is 8. The molecule has 0 radical (unpaired) electrons. The Morgan fingerprint density at radius 1 is 1.00 bits per heavy atom. The average Bonchev–Trinajstić information content (AvgIpc) is 3.17. The maximum atomic E-state index is 13.0. The summed E-state index contributed by atoms with van der Waals surface area (Å²) in [7, 11) is 0. The van der Waals surface area contributed by atoms with Gasteiger partial charge in [0.25, 0.3) is 5.91 Å². The topological polar surface area (TPSA) is 46.9 Å². The highest BCUT2D eigenvalue weighted by Crippen LogP contribution is 2.26. The van der Waals surface area contributed by atoms with E-state index in [-0.39, 0.29) is 11.9 Å². The first-order valence-electron chi connectivity index (χ1n) is 10.5. The van der Waals surface area contributed by atoms with E-state index >= 15 is 0 Å². The van der Waals surface area contributed by atoms with Crippen LogP contribution in [0, 0.1) is 6.92 Å². The number of carbonyl (C=O) groups excluding carboxylic acids is 1. The van der Waals surface area contributed by atoms with Crippen molar-refractivity contribution in [1.29, 1.82) is 0 Å². The van der Waals surface area contributed by atoms with Gasteiger partial charge in [-0.05, 0) is 55.2 Å². The van der Waals surface area contributed by atoms with Gasteiger partial charge >= 0.3 is 0 Å². The molecule has 0 aliphatic heterocycles. The number of hydrogen-bond donors (Lipinski definition) is 1. The van der Waals surface area contributed by atoms with E-state index < -0.39 is 0 Å². The smallest absolute Gasteiger partial charge is 0.251 e. The second-order valence-corrected chi connectivity index (χ2v) is 8.69. The number of thioether (sulfide) groups is 1. The number of hydrogen-bond acceptors (Lipinski definition) is 3. The third-order valence-corrected chi connectivity index (χ3v) is 6.05. The Morgan fingerprint density at radius 2 is 1.71 bits per heavy atom. The Balaban J connectivity index is 1.72. The van der Waals surface area contributed by atoms with Crippen molar-refractivity contribution in [2.75, 3.05) is 12.0 Å². The molecule has 0 unspecified atom stereocenters. The summed E-state index contributed by atoms with van der Waals surface area (Å²) >= 11 is 1.78. The molecule has 0 fully saturated rings. The fourth-order valence-electron chi connectivity index (χ4n) is 3.74. The van der Waals surface area contributed by atoms with Crippen molar-refractivity contribution in [3.8, 4) is 0 Å². The van der Waals surface area contributed by atoms with Gasteiger partial charge in [0.1, 0.15) is 5.82 Å². The highest BCUT2D eigenvalue weighted by Gasteiger charge is 2.22. The summed E-state index contributed by atoms with van der Waals surface area (Å²) in [5.74, 6) is 1.77. The van der Waals surface area contributed by atoms with Crippen molar-refractivity contribution in [2.24, 2.45) is 0 Å². The van der Waals surface area contributed by atoms with Gasteiger partial charge in [-0.25, -0.2) is 4.98 Å². The van der Waals surface area contributed by atoms with Crippen LogP contribution in [0.2, 0.25) is 0 Å². The number of aryl methyl sites for hydroxylation is 1. The average molecular weight is 430 g/mol. The lowest BCUT2D eigenvalue weighted by atomic mass is 10.1. The summed E-state index contributed by atoms with van der Waals surface area (Å²) in [4.78, 5) is 17.9. The van der Waals surface area contributed by atoms with Crippen molar-refractivity contribution in [1.82, 2.24) is 14.9 Å². The number of nitrogens with zero attached hydrogens (tertiary/aromatic N) is 2. The first-order valence-corrected chi connectivity index (χ1v) is 11.9. The Morgan fingerprint density at radius 3 is 2.45 bits per heavy atom. The zero-order chi connectivity index (χ0) is 21.6. The fraction of sp³-hybridized carbons (Fsp3) is 0.231. The Kier molecular flexibility index (Phi) is 6.73. The van der Waals surface area contributed by atoms with E-state index in [9.17, 15) is 4.79 Å². The van der Waals surface area contributed by atoms with E-state index in [1.165, 1.54) is 11.1 Å². The molecule has 0 saturated heterocycles. The van der Waals surface area contributed by atoms with E-state index in [4.69, 9.17) is 4.98 Å². The molecule has 0 saturated carbocycles. The van der Waals surface area contributed by atoms with Crippen LogP contribution in [0.4, 0.5) is 0 Å². The summed E-state index contributed by atoms with van der Waals surface area (Å²) in [5.41, 5.74) is 5.16. The standard InChI is InChI=1S/C26H27N3OS/c1-19-12-14-20(15-13-19)18-29-24-11-7-6-10-22(24)27-25(29)23(16-17-31-2)28-26(30)21-8-4-3-5-9-21/h3-15,23H,16-18H2,1-2H3,(H,28,30)/t23-/m1/s1. The molecular weight excluding hydrogens is 402 g/mol. The van der Waals surface area contributed by atoms with Crippen LogP contribution in [0.25, 0.3) is 11.0 Å². The highest BCUT2D eigenvalue weighted by atomic mass is 32.2. The Labute approximate surface area is 187 Å². The second-order valence-electron chi connectivity index (χ2n) is 7.70. The predicted molar refractivity (Wildman–Crippen MR) is 130 cm³/mol. The molecule has 5 heteroatoms. The minimum atomic E-state index is -0.169. The molecular formula is C26H27N3OS. The second kappa shape index (κ2) is 9.84. The lowest BCUT2D eigenvalue weighted by molar-refractivity contribution is 0.0933. The minimum absolute atomic E-state index is 0.0688. The van der Waals surface area contributed by atoms with Crippen molar-refractivity contribution in [3.05, 3.63) is 101 Å². The molecule has 0 spiro atoms. The van der Waals surface area contributed by atoms with Crippen LogP contribution in [-0.2, 0) is 6.54 Å². The van der Waals surface area contributed by atoms with Crippen molar-refractivity contribution < 1.29 is 4.79 Å². The van der Waals surface area contributed by atoms with Gasteiger partial charge in [-0.2, -0.15) is 11.8 Å². The van der Waals surface area contributed by atoms with Crippen LogP contribution < -0.4 is 5.32 Å². The molecule has 0 aliphatic carbocycles. The molecule has 0 aliphatic rings. The van der Waals surface area contributed by atoms with Crippen molar-refractivity contribution >= 4 is 28.7 Å². The molecule has 1 heterocycles. The van der Waals surface area contributed by atoms with Gasteiger partial charge in [0.05, 0.1) is 17.1 Å². The van der Waals surface area contributed by atoms with E-state index in [0.717, 1.165) is 29.0 Å². The number of aromatic nitrogens is 2. The third kappa shape index (κ3) is 5.00. The van der Waals surface area contributed by atoms with Gasteiger partial charge < -0.3 is 9.88 Å². The van der Waals surface area contributed by atoms with Gasteiger partial charge in [0, 0.05) is 12.1 Å². The number of para-hydroxylation sites is 2. The lowest BCUT2D eigenvalue weighted by Crippen LogP contribution is -2.31. The molecule has 4 aromatic rings. The molecule has 1 amide bonds. The predicted octanol–water partition coefficient (Wildman–Crippen LogP) is 5.62. The van der Waals surface area contributed by atoms with Gasteiger partial charge in [0.15, 0.2) is 0 Å². The quantitative estimate of drug-likeness (QED) is 0.396. The summed E-state index contributed by atoms with van der Waals surface area (Å²) < 4.78 is 2.25. The molecule has 4 rings (SSSR count). The van der Waals surface area contributed by atoms with E-state index in [2.05, 4.69) is 53.4 Å². The SMILES string of the molecule is CSCC[C@@H](NC(=O)c1ccccc1)c1nc2ccccc2n1Cc1ccc(C)cc1. The van der Waals surface area contributed by atoms with Crippen LogP contribution in [0.3, 0.4) is 0 Å². The molecule has 1 N–H and O–H groups in total. The van der Waals surface area contributed by atoms with Crippen LogP contribution in [0.1, 0.15) is 39.8 Å². The minimum Gasteiger partial charge on any atom is -0.342 e. The van der Waals surface area contributed by atoms with Crippen molar-refractivity contribution in [2.45, 2.75) is 25.9 Å². The van der Waals surface area contributed by atoms with Crippen LogP contribution in [0.15, 0.2) is 78.9 Å². The molecule has 3 aromatic carbocycles. The van der Waals surface area contributed by atoms with Crippen LogP contribution in [-0.4, -0.2) is 27.5 Å². The molecule has 1 atom stereocenters. The van der Waals surface area contributed by atoms with Gasteiger partial charge in [-0.15, -0.1) is 0 Å². The largest absolute Gasteiger partial charge is 0.342 e. The van der Waals surface area contributed by atoms with Gasteiger partial charge in [-0.1, -0.05) is 60.2 Å². The zero-order valence-electron chi connectivity index (χ0n) is 17.9. The lowest BCUT2D eigenvalue weighted by Gasteiger charge is -2.20. The summed E-state index contributed by atoms with van der Waals surface area (Å²) in [6.45, 7) is 2.81. The molecule has 1 aromatic heterocycles. The van der Waals surface area contributed by atoms with E-state index in [0.29, 0.717) is 12.1 Å². The first kappa shape index (κ1) is 21.2. The normalized spacial score (nSPS) is 12.1. The number of benzene rings is 3. The maximum Gasteiger partial charge on any atom is 0.251 e. The Hall–Kier alpha value is -3.05. The number of amides is 1. The molecule has 0 bridgehead atoms. The fourth-order valence-corrected chi connectivity index (χ4v) is 4.21. The number of nitrogens with one attached hydrogen (secondary N) is 1. The van der Waals surface area contributed by atoms with Gasteiger partial charge in [-0.3, -0.25) is 4.79 Å². The third-order valence-electron chi connectivity index (χ3n) is 5.41. The first-order chi connectivity index (χ1) is 15.2. The number of fused-ring (bicyclic) bond motifs is 1. The number of imidazole rings is 1. The Bertz CT molecular complexity index is 1150. The highest BCUT2D eigenvalue weighted by molar-refractivity contribution is 7.98. The molecule has 4 nitrogen and oxygen atoms in total. The zero-order valence-corrected chi connectivity index (χ0v) is 18.7. The summed E-state index contributed by atoms with van der Waals surface area (Å²) in [6.07, 6.45) is 2.91. The van der Waals surface area contributed by atoms with E-state index in [1.807, 2.05) is 48.5 Å². The van der Waals surface area contributed by atoms with Crippen LogP contribution in [0.5, 0.6) is 0 Å². The summed E-state index contributed by atoms with van der Waals surface area (Å²) in [6, 6.07) is 26.0. The number of carbonyl (C=O) groups is 1. The van der Waals surface area contributed by atoms with Crippen LogP contribution >= 0.6 is 11.8 Å². The van der Waals surface area contributed by atoms with Gasteiger partial charge in [0.2, 0.25) is 0 Å². The monoisotopic (exact) mass is 429 g/mol. The maximum absolute atomic E-state index is 13.0.